The number of ether oxygens (including phenoxy) is 2. The molecule has 1 aromatic rings. The highest BCUT2D eigenvalue weighted by atomic mass is 16.6. The van der Waals surface area contributed by atoms with E-state index in [4.69, 9.17) is 14.6 Å². The summed E-state index contributed by atoms with van der Waals surface area (Å²) in [6.07, 6.45) is 14.6. The average molecular weight is 550 g/mol. The summed E-state index contributed by atoms with van der Waals surface area (Å²) in [6, 6.07) is 8.67. The third-order valence-electron chi connectivity index (χ3n) is 6.42. The molecule has 9 nitrogen and oxygen atoms in total. The smallest absolute Gasteiger partial charge is 0.408 e. The summed E-state index contributed by atoms with van der Waals surface area (Å²) >= 11 is 0. The van der Waals surface area contributed by atoms with Crippen molar-refractivity contribution in [2.24, 2.45) is 0 Å². The highest BCUT2D eigenvalue weighted by Gasteiger charge is 2.22. The molecule has 1 atom stereocenters. The summed E-state index contributed by atoms with van der Waals surface area (Å²) < 4.78 is 10.0. The molecular weight excluding hydrogens is 498 g/mol. The van der Waals surface area contributed by atoms with Gasteiger partial charge in [-0.05, 0) is 52.6 Å². The van der Waals surface area contributed by atoms with E-state index in [1.165, 1.54) is 70.6 Å². The van der Waals surface area contributed by atoms with Crippen molar-refractivity contribution in [1.29, 1.82) is 0 Å². The van der Waals surface area contributed by atoms with Gasteiger partial charge < -0.3 is 30.5 Å². The van der Waals surface area contributed by atoms with Gasteiger partial charge in [0.05, 0.1) is 0 Å². The Morgan fingerprint density at radius 3 is 1.90 bits per heavy atom. The van der Waals surface area contributed by atoms with Gasteiger partial charge >= 0.3 is 18.2 Å². The number of carbonyl (C=O) groups excluding carboxylic acids is 2. The first kappa shape index (κ1) is 34.2. The summed E-state index contributed by atoms with van der Waals surface area (Å²) in [5, 5.41) is 17.1. The number of alkyl carbamates (subject to hydrolysis) is 2. The van der Waals surface area contributed by atoms with E-state index in [9.17, 15) is 14.4 Å². The van der Waals surface area contributed by atoms with E-state index in [2.05, 4.69) is 23.0 Å². The zero-order chi connectivity index (χ0) is 28.9. The van der Waals surface area contributed by atoms with Crippen LogP contribution in [0.2, 0.25) is 0 Å². The first-order valence-electron chi connectivity index (χ1n) is 14.4. The Balaban J connectivity index is 0.000000434. The molecule has 0 heterocycles. The Labute approximate surface area is 234 Å². The number of aliphatic carboxylic acids is 1. The highest BCUT2D eigenvalue weighted by molar-refractivity contribution is 5.80. The van der Waals surface area contributed by atoms with E-state index < -0.39 is 29.8 Å². The van der Waals surface area contributed by atoms with Gasteiger partial charge in [0.1, 0.15) is 18.2 Å². The maximum absolute atomic E-state index is 11.7. The second kappa shape index (κ2) is 20.1. The van der Waals surface area contributed by atoms with Crippen LogP contribution in [-0.4, -0.2) is 54.5 Å². The van der Waals surface area contributed by atoms with E-state index in [0.29, 0.717) is 0 Å². The van der Waals surface area contributed by atoms with Crippen molar-refractivity contribution in [3.05, 3.63) is 35.9 Å². The molecule has 0 aromatic heterocycles. The van der Waals surface area contributed by atoms with Gasteiger partial charge in [-0.15, -0.1) is 0 Å². The fourth-order valence-corrected chi connectivity index (χ4v) is 4.25. The molecule has 3 rings (SSSR count). The van der Waals surface area contributed by atoms with Crippen molar-refractivity contribution < 1.29 is 29.0 Å². The van der Waals surface area contributed by atoms with Gasteiger partial charge in [0.15, 0.2) is 0 Å². The van der Waals surface area contributed by atoms with E-state index >= 15 is 0 Å². The van der Waals surface area contributed by atoms with Crippen LogP contribution in [0.1, 0.15) is 103 Å². The van der Waals surface area contributed by atoms with Crippen molar-refractivity contribution >= 4 is 18.2 Å². The molecule has 4 N–H and O–H groups in total. The maximum atomic E-state index is 11.7. The minimum Gasteiger partial charge on any atom is -0.480 e. The lowest BCUT2D eigenvalue weighted by molar-refractivity contribution is -0.139. The Morgan fingerprint density at radius 2 is 1.44 bits per heavy atom. The van der Waals surface area contributed by atoms with E-state index in [1.54, 1.807) is 45.0 Å². The average Bonchev–Trinajstić information content (AvgIpc) is 2.93. The molecular formula is C30H51N3O6. The lowest BCUT2D eigenvalue weighted by atomic mass is 9.96. The molecule has 1 aromatic carbocycles. The van der Waals surface area contributed by atoms with Crippen LogP contribution >= 0.6 is 0 Å². The number of hydrogen-bond acceptors (Lipinski definition) is 6. The summed E-state index contributed by atoms with van der Waals surface area (Å²) in [7, 11) is 2.07. The predicted octanol–water partition coefficient (Wildman–Crippen LogP) is 6.16. The first-order valence-corrected chi connectivity index (χ1v) is 14.4. The Bertz CT molecular complexity index is 791. The first-order chi connectivity index (χ1) is 18.6. The molecule has 9 heteroatoms. The topological polar surface area (TPSA) is 126 Å². The largest absolute Gasteiger partial charge is 0.480 e. The maximum Gasteiger partial charge on any atom is 0.408 e. The molecule has 222 valence electrons. The fraction of sp³-hybridized carbons (Fsp3) is 0.700. The number of rotatable bonds is 8. The SMILES string of the molecule is C1CCCCC1.CC(C)(C)OC(=O)NCC[C@@H](NC(=O)OCc1ccccc1)C(=O)O.CNC1CCCCC1. The Kier molecular flexibility index (Phi) is 17.7. The number of carboxylic acid groups (broad SMARTS) is 1. The number of hydrogen-bond donors (Lipinski definition) is 4. The molecule has 2 saturated carbocycles. The normalized spacial score (nSPS) is 16.2. The van der Waals surface area contributed by atoms with Crippen LogP contribution in [0.15, 0.2) is 30.3 Å². The fourth-order valence-electron chi connectivity index (χ4n) is 4.25. The zero-order valence-corrected chi connectivity index (χ0v) is 24.4. The minimum atomic E-state index is -1.22. The monoisotopic (exact) mass is 549 g/mol. The van der Waals surface area contributed by atoms with E-state index in [0.717, 1.165) is 11.6 Å². The molecule has 0 aliphatic heterocycles. The predicted molar refractivity (Wildman–Crippen MR) is 154 cm³/mol. The van der Waals surface area contributed by atoms with Gasteiger partial charge in [0.25, 0.3) is 0 Å². The van der Waals surface area contributed by atoms with E-state index in [1.807, 2.05) is 6.07 Å². The standard InChI is InChI=1S/C17H24N2O6.C7H15N.C6H12/c1-17(2,3)25-15(22)18-10-9-13(14(20)21)19-16(23)24-11-12-7-5-4-6-8-12;1-8-7-5-3-2-4-6-7;1-2-4-6-5-3-1/h4-8,13H,9-11H2,1-3H3,(H,18,22)(H,19,23)(H,20,21);7-8H,2-6H2,1H3;1-6H2/t13-;;/m1../s1. The molecule has 0 radical (unpaired) electrons. The Morgan fingerprint density at radius 1 is 0.897 bits per heavy atom. The number of amides is 2. The highest BCUT2D eigenvalue weighted by Crippen LogP contribution is 2.16. The second-order valence-electron chi connectivity index (χ2n) is 11.1. The molecule has 0 unspecified atom stereocenters. The molecule has 2 aliphatic carbocycles. The van der Waals surface area contributed by atoms with Gasteiger partial charge in [-0.1, -0.05) is 88.1 Å². The van der Waals surface area contributed by atoms with Crippen molar-refractivity contribution in [3.8, 4) is 0 Å². The number of benzene rings is 1. The summed E-state index contributed by atoms with van der Waals surface area (Å²) in [4.78, 5) is 34.4. The molecule has 2 aliphatic rings. The van der Waals surface area contributed by atoms with Crippen molar-refractivity contribution in [2.75, 3.05) is 13.6 Å². The summed E-state index contributed by atoms with van der Waals surface area (Å²) in [6.45, 7) is 5.23. The van der Waals surface area contributed by atoms with Crippen LogP contribution in [0.25, 0.3) is 0 Å². The van der Waals surface area contributed by atoms with Gasteiger partial charge in [-0.25, -0.2) is 14.4 Å². The number of nitrogens with one attached hydrogen (secondary N) is 3. The summed E-state index contributed by atoms with van der Waals surface area (Å²) in [5.74, 6) is -1.22. The van der Waals surface area contributed by atoms with Crippen LogP contribution in [0, 0.1) is 0 Å². The lowest BCUT2D eigenvalue weighted by Gasteiger charge is -2.20. The molecule has 2 amide bonds. The van der Waals surface area contributed by atoms with Crippen LogP contribution in [0.3, 0.4) is 0 Å². The Hall–Kier alpha value is -2.81. The van der Waals surface area contributed by atoms with E-state index in [-0.39, 0.29) is 19.6 Å². The van der Waals surface area contributed by atoms with Gasteiger partial charge in [-0.2, -0.15) is 0 Å². The molecule has 0 spiro atoms. The quantitative estimate of drug-likeness (QED) is 0.306. The van der Waals surface area contributed by atoms with Gasteiger partial charge in [0, 0.05) is 12.6 Å². The molecule has 0 bridgehead atoms. The number of carboxylic acids is 1. The number of carbonyl (C=O) groups is 3. The van der Waals surface area contributed by atoms with Crippen molar-refractivity contribution in [2.45, 2.75) is 122 Å². The summed E-state index contributed by atoms with van der Waals surface area (Å²) in [5.41, 5.74) is 0.145. The minimum absolute atomic E-state index is 0.00495. The van der Waals surface area contributed by atoms with Crippen molar-refractivity contribution in [1.82, 2.24) is 16.0 Å². The molecule has 2 fully saturated rings. The van der Waals surface area contributed by atoms with Gasteiger partial charge in [0.2, 0.25) is 0 Å². The van der Waals surface area contributed by atoms with Crippen LogP contribution < -0.4 is 16.0 Å². The second-order valence-corrected chi connectivity index (χ2v) is 11.1. The lowest BCUT2D eigenvalue weighted by Crippen LogP contribution is -2.43. The van der Waals surface area contributed by atoms with Crippen LogP contribution in [-0.2, 0) is 20.9 Å². The van der Waals surface area contributed by atoms with Gasteiger partial charge in [-0.3, -0.25) is 0 Å². The van der Waals surface area contributed by atoms with Crippen LogP contribution in [0.4, 0.5) is 9.59 Å². The third kappa shape index (κ3) is 19.0. The molecule has 0 saturated heterocycles. The zero-order valence-electron chi connectivity index (χ0n) is 24.4. The third-order valence-corrected chi connectivity index (χ3v) is 6.42. The molecule has 39 heavy (non-hydrogen) atoms. The van der Waals surface area contributed by atoms with Crippen molar-refractivity contribution in [3.63, 3.8) is 0 Å². The van der Waals surface area contributed by atoms with Crippen LogP contribution in [0.5, 0.6) is 0 Å².